The van der Waals surface area contributed by atoms with E-state index >= 15 is 0 Å². The fourth-order valence-corrected chi connectivity index (χ4v) is 5.10. The Morgan fingerprint density at radius 3 is 2.68 bits per heavy atom. The van der Waals surface area contributed by atoms with E-state index in [1.54, 1.807) is 34.1 Å². The van der Waals surface area contributed by atoms with E-state index in [1.807, 2.05) is 13.0 Å². The molecule has 2 aromatic heterocycles. The number of nitrogens with one attached hydrogen (secondary N) is 1. The summed E-state index contributed by atoms with van der Waals surface area (Å²) in [4.78, 5) is 18.4. The summed E-state index contributed by atoms with van der Waals surface area (Å²) in [5, 5.41) is 6.47. The molecule has 1 saturated heterocycles. The Morgan fingerprint density at radius 2 is 2.04 bits per heavy atom. The highest BCUT2D eigenvalue weighted by Gasteiger charge is 2.30. The number of anilines is 1. The van der Waals surface area contributed by atoms with Crippen molar-refractivity contribution in [3.63, 3.8) is 0 Å². The molecule has 2 aromatic rings. The molecule has 0 saturated carbocycles. The Morgan fingerprint density at radius 1 is 1.28 bits per heavy atom. The van der Waals surface area contributed by atoms with Crippen molar-refractivity contribution in [2.75, 3.05) is 38.0 Å². The van der Waals surface area contributed by atoms with Gasteiger partial charge in [-0.15, -0.1) is 0 Å². The first-order valence-corrected chi connectivity index (χ1v) is 10.3. The maximum Gasteiger partial charge on any atom is 0.244 e. The van der Waals surface area contributed by atoms with Crippen molar-refractivity contribution in [2.24, 2.45) is 0 Å². The zero-order valence-electron chi connectivity index (χ0n) is 13.9. The number of piperazine rings is 1. The van der Waals surface area contributed by atoms with E-state index in [2.05, 4.69) is 10.3 Å². The third-order valence-electron chi connectivity index (χ3n) is 4.19. The molecule has 134 valence electrons. The van der Waals surface area contributed by atoms with Crippen LogP contribution in [0, 0.1) is 6.92 Å². The number of amides is 1. The minimum absolute atomic E-state index is 0.0455. The third-order valence-corrected chi connectivity index (χ3v) is 6.92. The molecule has 0 aliphatic carbocycles. The van der Waals surface area contributed by atoms with Crippen LogP contribution in [-0.4, -0.2) is 61.2 Å². The summed E-state index contributed by atoms with van der Waals surface area (Å²) < 4.78 is 26.4. The molecule has 0 atom stereocenters. The van der Waals surface area contributed by atoms with Crippen molar-refractivity contribution in [3.8, 4) is 0 Å². The molecular formula is C16H20N4O3S2. The van der Waals surface area contributed by atoms with Crippen molar-refractivity contribution in [1.29, 1.82) is 0 Å². The molecule has 1 amide bonds. The Kier molecular flexibility index (Phi) is 5.36. The predicted octanol–water partition coefficient (Wildman–Crippen LogP) is 1.40. The number of aromatic nitrogens is 1. The molecule has 0 radical (unpaired) electrons. The Bertz CT molecular complexity index is 829. The first kappa shape index (κ1) is 17.8. The van der Waals surface area contributed by atoms with E-state index in [-0.39, 0.29) is 12.5 Å². The van der Waals surface area contributed by atoms with Crippen LogP contribution in [-0.2, 0) is 14.8 Å². The number of sulfonamides is 1. The summed E-state index contributed by atoms with van der Waals surface area (Å²) in [7, 11) is -3.45. The van der Waals surface area contributed by atoms with Gasteiger partial charge in [0.05, 0.1) is 23.3 Å². The van der Waals surface area contributed by atoms with Crippen LogP contribution in [0.15, 0.2) is 40.2 Å². The van der Waals surface area contributed by atoms with E-state index in [0.717, 1.165) is 11.3 Å². The average Bonchev–Trinajstić information content (AvgIpc) is 3.16. The van der Waals surface area contributed by atoms with Gasteiger partial charge in [0.1, 0.15) is 0 Å². The minimum atomic E-state index is -3.45. The third kappa shape index (κ3) is 4.00. The van der Waals surface area contributed by atoms with E-state index < -0.39 is 10.0 Å². The van der Waals surface area contributed by atoms with Gasteiger partial charge in [-0.2, -0.15) is 15.6 Å². The lowest BCUT2D eigenvalue weighted by Crippen LogP contribution is -2.51. The molecule has 0 aromatic carbocycles. The van der Waals surface area contributed by atoms with E-state index in [1.165, 1.54) is 15.6 Å². The van der Waals surface area contributed by atoms with Crippen LogP contribution in [0.1, 0.15) is 5.56 Å². The van der Waals surface area contributed by atoms with E-state index in [4.69, 9.17) is 0 Å². The second-order valence-electron chi connectivity index (χ2n) is 5.79. The molecule has 0 spiro atoms. The highest BCUT2D eigenvalue weighted by atomic mass is 32.2. The van der Waals surface area contributed by atoms with Gasteiger partial charge < -0.3 is 10.2 Å². The van der Waals surface area contributed by atoms with Crippen LogP contribution in [0.25, 0.3) is 0 Å². The summed E-state index contributed by atoms with van der Waals surface area (Å²) in [6, 6.07) is 3.48. The standard InChI is InChI=1S/C16H20N4O3S2/c1-13-2-4-17-10-15(13)18-11-16(21)19-5-7-20(8-6-19)25(22,23)14-3-9-24-12-14/h2-4,9-10,12,18H,5-8,11H2,1H3. The van der Waals surface area contributed by atoms with Gasteiger partial charge in [0.2, 0.25) is 15.9 Å². The largest absolute Gasteiger partial charge is 0.375 e. The van der Waals surface area contributed by atoms with Crippen LogP contribution < -0.4 is 5.32 Å². The molecule has 3 heterocycles. The summed E-state index contributed by atoms with van der Waals surface area (Å²) in [6.07, 6.45) is 3.39. The van der Waals surface area contributed by atoms with Crippen molar-refractivity contribution < 1.29 is 13.2 Å². The molecular weight excluding hydrogens is 360 g/mol. The number of carbonyl (C=O) groups is 1. The van der Waals surface area contributed by atoms with Gasteiger partial charge in [0.25, 0.3) is 0 Å². The van der Waals surface area contributed by atoms with Crippen molar-refractivity contribution in [1.82, 2.24) is 14.2 Å². The fourth-order valence-electron chi connectivity index (χ4n) is 2.66. The highest BCUT2D eigenvalue weighted by molar-refractivity contribution is 7.89. The van der Waals surface area contributed by atoms with Gasteiger partial charge >= 0.3 is 0 Å². The molecule has 1 aliphatic rings. The summed E-state index contributed by atoms with van der Waals surface area (Å²) in [5.74, 6) is -0.0455. The van der Waals surface area contributed by atoms with Gasteiger partial charge in [0, 0.05) is 37.8 Å². The topological polar surface area (TPSA) is 82.6 Å². The van der Waals surface area contributed by atoms with Crippen molar-refractivity contribution in [2.45, 2.75) is 11.8 Å². The molecule has 7 nitrogen and oxygen atoms in total. The normalized spacial score (nSPS) is 16.0. The molecule has 3 rings (SSSR count). The first-order valence-electron chi connectivity index (χ1n) is 7.93. The molecule has 0 unspecified atom stereocenters. The lowest BCUT2D eigenvalue weighted by molar-refractivity contribution is -0.130. The highest BCUT2D eigenvalue weighted by Crippen LogP contribution is 2.20. The maximum absolute atomic E-state index is 12.5. The second-order valence-corrected chi connectivity index (χ2v) is 8.51. The number of carbonyl (C=O) groups excluding carboxylic acids is 1. The average molecular weight is 380 g/mol. The first-order chi connectivity index (χ1) is 12.0. The summed E-state index contributed by atoms with van der Waals surface area (Å²) in [5.41, 5.74) is 1.85. The number of hydrogen-bond donors (Lipinski definition) is 1. The molecule has 1 fully saturated rings. The molecule has 0 bridgehead atoms. The molecule has 9 heteroatoms. The Hall–Kier alpha value is -1.97. The smallest absolute Gasteiger partial charge is 0.244 e. The molecule has 1 aliphatic heterocycles. The van der Waals surface area contributed by atoms with Crippen LogP contribution >= 0.6 is 11.3 Å². The fraction of sp³-hybridized carbons (Fsp3) is 0.375. The summed E-state index contributed by atoms with van der Waals surface area (Å²) >= 11 is 1.36. The number of nitrogens with zero attached hydrogens (tertiary/aromatic N) is 3. The zero-order chi connectivity index (χ0) is 17.9. The SMILES string of the molecule is Cc1ccncc1NCC(=O)N1CCN(S(=O)(=O)c2ccsc2)CC1. The monoisotopic (exact) mass is 380 g/mol. The lowest BCUT2D eigenvalue weighted by Gasteiger charge is -2.34. The maximum atomic E-state index is 12.5. The van der Waals surface area contributed by atoms with Crippen LogP contribution in [0.3, 0.4) is 0 Å². The minimum Gasteiger partial charge on any atom is -0.375 e. The summed E-state index contributed by atoms with van der Waals surface area (Å²) in [6.45, 7) is 3.55. The predicted molar refractivity (Wildman–Crippen MR) is 97.1 cm³/mol. The van der Waals surface area contributed by atoms with Crippen molar-refractivity contribution >= 4 is 33.0 Å². The Labute approximate surface area is 151 Å². The molecule has 25 heavy (non-hydrogen) atoms. The Balaban J connectivity index is 1.54. The van der Waals surface area contributed by atoms with Crippen LogP contribution in [0.4, 0.5) is 5.69 Å². The molecule has 1 N–H and O–H groups in total. The number of aryl methyl sites for hydroxylation is 1. The lowest BCUT2D eigenvalue weighted by atomic mass is 10.2. The van der Waals surface area contributed by atoms with E-state index in [0.29, 0.717) is 31.1 Å². The second kappa shape index (κ2) is 7.51. The van der Waals surface area contributed by atoms with Gasteiger partial charge in [-0.25, -0.2) is 8.42 Å². The van der Waals surface area contributed by atoms with E-state index in [9.17, 15) is 13.2 Å². The van der Waals surface area contributed by atoms with Crippen LogP contribution in [0.2, 0.25) is 0 Å². The van der Waals surface area contributed by atoms with Crippen LogP contribution in [0.5, 0.6) is 0 Å². The number of pyridine rings is 1. The van der Waals surface area contributed by atoms with Crippen molar-refractivity contribution in [3.05, 3.63) is 40.8 Å². The quantitative estimate of drug-likeness (QED) is 0.848. The van der Waals surface area contributed by atoms with Gasteiger partial charge in [0.15, 0.2) is 0 Å². The van der Waals surface area contributed by atoms with Gasteiger partial charge in [-0.3, -0.25) is 9.78 Å². The van der Waals surface area contributed by atoms with Gasteiger partial charge in [-0.05, 0) is 30.0 Å². The number of thiophene rings is 1. The number of hydrogen-bond acceptors (Lipinski definition) is 6. The number of rotatable bonds is 5. The zero-order valence-corrected chi connectivity index (χ0v) is 15.5. The van der Waals surface area contributed by atoms with Gasteiger partial charge in [-0.1, -0.05) is 0 Å².